The van der Waals surface area contributed by atoms with Crippen LogP contribution in [0.1, 0.15) is 89.5 Å². The van der Waals surface area contributed by atoms with Gasteiger partial charge in [-0.1, -0.05) is 35.9 Å². The standard InChI is InChI=1S/C30H42N4O5/c1-6-30(3,4)32-29(37)28(23-12-14-24(38-5)15-13-23)34(19-18-22-10-8-7-9-11-22)27(36)17-16-26(35)31-25-20-21(2)39-33-25/h10,12-15,20,28H,6-9,11,16-19H2,1-5H3,(H,32,37)(H,31,33,35)/t28-/m1/s1. The molecule has 212 valence electrons. The Bertz CT molecular complexity index is 1150. The number of rotatable bonds is 13. The van der Waals surface area contributed by atoms with Crippen LogP contribution < -0.4 is 15.4 Å². The Labute approximate surface area is 231 Å². The summed E-state index contributed by atoms with van der Waals surface area (Å²) in [5.41, 5.74) is 1.55. The number of carbonyl (C=O) groups excluding carboxylic acids is 3. The number of allylic oxidation sites excluding steroid dienone is 1. The van der Waals surface area contributed by atoms with Gasteiger partial charge in [0.05, 0.1) is 7.11 Å². The van der Waals surface area contributed by atoms with Crippen molar-refractivity contribution in [3.05, 3.63) is 53.3 Å². The lowest BCUT2D eigenvalue weighted by Gasteiger charge is -2.35. The lowest BCUT2D eigenvalue weighted by atomic mass is 9.95. The van der Waals surface area contributed by atoms with E-state index in [0.717, 1.165) is 25.7 Å². The molecule has 0 bridgehead atoms. The summed E-state index contributed by atoms with van der Waals surface area (Å²) in [5.74, 6) is 0.695. The van der Waals surface area contributed by atoms with Gasteiger partial charge in [0.25, 0.3) is 0 Å². The number of hydrogen-bond donors (Lipinski definition) is 2. The zero-order valence-corrected chi connectivity index (χ0v) is 23.8. The summed E-state index contributed by atoms with van der Waals surface area (Å²) in [6, 6.07) is 7.99. The Morgan fingerprint density at radius 2 is 1.90 bits per heavy atom. The molecule has 1 heterocycles. The van der Waals surface area contributed by atoms with Crippen LogP contribution in [-0.2, 0) is 14.4 Å². The lowest BCUT2D eigenvalue weighted by molar-refractivity contribution is -0.142. The van der Waals surface area contributed by atoms with Crippen LogP contribution in [0.15, 0.2) is 46.5 Å². The first kappa shape index (κ1) is 29.9. The number of anilines is 1. The molecule has 9 nitrogen and oxygen atoms in total. The number of methoxy groups -OCH3 is 1. The summed E-state index contributed by atoms with van der Waals surface area (Å²) in [4.78, 5) is 41.7. The molecule has 1 aliphatic carbocycles. The SMILES string of the molecule is CCC(C)(C)NC(=O)[C@@H](c1ccc(OC)cc1)N(CCC1=CCCCC1)C(=O)CCC(=O)Nc1cc(C)on1. The largest absolute Gasteiger partial charge is 0.497 e. The van der Waals surface area contributed by atoms with E-state index in [1.807, 2.05) is 32.9 Å². The highest BCUT2D eigenvalue weighted by atomic mass is 16.5. The fourth-order valence-corrected chi connectivity index (χ4v) is 4.54. The van der Waals surface area contributed by atoms with Gasteiger partial charge < -0.3 is 24.8 Å². The van der Waals surface area contributed by atoms with Crippen molar-refractivity contribution in [3.8, 4) is 5.75 Å². The van der Waals surface area contributed by atoms with Crippen molar-refractivity contribution < 1.29 is 23.6 Å². The molecule has 0 spiro atoms. The van der Waals surface area contributed by atoms with Crippen LogP contribution in [0, 0.1) is 6.92 Å². The molecule has 9 heteroatoms. The lowest BCUT2D eigenvalue weighted by Crippen LogP contribution is -2.50. The Balaban J connectivity index is 1.86. The molecule has 1 atom stereocenters. The quantitative estimate of drug-likeness (QED) is 0.327. The molecule has 3 rings (SSSR count). The highest BCUT2D eigenvalue weighted by Crippen LogP contribution is 2.28. The van der Waals surface area contributed by atoms with Crippen molar-refractivity contribution in [2.45, 2.75) is 90.6 Å². The van der Waals surface area contributed by atoms with Crippen LogP contribution in [-0.4, -0.2) is 47.0 Å². The molecule has 0 fully saturated rings. The number of amides is 3. The van der Waals surface area contributed by atoms with E-state index in [4.69, 9.17) is 9.26 Å². The number of aromatic nitrogens is 1. The van der Waals surface area contributed by atoms with Crippen LogP contribution >= 0.6 is 0 Å². The summed E-state index contributed by atoms with van der Waals surface area (Å²) in [6.45, 7) is 8.05. The zero-order chi connectivity index (χ0) is 28.4. The number of benzene rings is 1. The van der Waals surface area contributed by atoms with Crippen molar-refractivity contribution in [1.29, 1.82) is 0 Å². The van der Waals surface area contributed by atoms with Crippen molar-refractivity contribution >= 4 is 23.5 Å². The summed E-state index contributed by atoms with van der Waals surface area (Å²) in [7, 11) is 1.59. The van der Waals surface area contributed by atoms with Crippen LogP contribution in [0.25, 0.3) is 0 Å². The van der Waals surface area contributed by atoms with Gasteiger partial charge in [0.15, 0.2) is 5.82 Å². The van der Waals surface area contributed by atoms with Gasteiger partial charge in [0, 0.05) is 31.0 Å². The topological polar surface area (TPSA) is 114 Å². The maximum atomic E-state index is 13.8. The van der Waals surface area contributed by atoms with Gasteiger partial charge >= 0.3 is 0 Å². The number of nitrogens with zero attached hydrogens (tertiary/aromatic N) is 2. The second-order valence-corrected chi connectivity index (χ2v) is 10.7. The van der Waals surface area contributed by atoms with E-state index in [9.17, 15) is 14.4 Å². The predicted octanol–water partition coefficient (Wildman–Crippen LogP) is 5.48. The Hall–Kier alpha value is -3.62. The Morgan fingerprint density at radius 1 is 1.15 bits per heavy atom. The van der Waals surface area contributed by atoms with E-state index >= 15 is 0 Å². The molecule has 1 aromatic carbocycles. The second-order valence-electron chi connectivity index (χ2n) is 10.7. The highest BCUT2D eigenvalue weighted by molar-refractivity contribution is 5.94. The first-order valence-electron chi connectivity index (χ1n) is 13.8. The van der Waals surface area contributed by atoms with Gasteiger partial charge in [-0.3, -0.25) is 14.4 Å². The first-order valence-corrected chi connectivity index (χ1v) is 13.8. The van der Waals surface area contributed by atoms with E-state index in [1.54, 1.807) is 37.1 Å². The molecule has 0 unspecified atom stereocenters. The molecule has 1 aliphatic rings. The maximum Gasteiger partial charge on any atom is 0.247 e. The van der Waals surface area contributed by atoms with Gasteiger partial charge in [-0.05, 0) is 77.0 Å². The number of aryl methyl sites for hydroxylation is 1. The molecule has 0 radical (unpaired) electrons. The minimum Gasteiger partial charge on any atom is -0.497 e. The average molecular weight is 539 g/mol. The van der Waals surface area contributed by atoms with Crippen LogP contribution in [0.2, 0.25) is 0 Å². The monoisotopic (exact) mass is 538 g/mol. The predicted molar refractivity (Wildman–Crippen MR) is 150 cm³/mol. The Kier molecular flexibility index (Phi) is 10.7. The minimum absolute atomic E-state index is 0.0403. The minimum atomic E-state index is -0.848. The normalized spacial score (nSPS) is 14.2. The molecule has 3 amide bonds. The van der Waals surface area contributed by atoms with Gasteiger partial charge in [-0.15, -0.1) is 0 Å². The summed E-state index contributed by atoms with van der Waals surface area (Å²) in [6.07, 6.45) is 7.94. The fraction of sp³-hybridized carbons (Fsp3) is 0.533. The van der Waals surface area contributed by atoms with Crippen molar-refractivity contribution in [2.75, 3.05) is 19.0 Å². The molecule has 2 N–H and O–H groups in total. The van der Waals surface area contributed by atoms with Crippen molar-refractivity contribution in [3.63, 3.8) is 0 Å². The third-order valence-corrected chi connectivity index (χ3v) is 7.18. The third kappa shape index (κ3) is 8.97. The van der Waals surface area contributed by atoms with Gasteiger partial charge in [0.2, 0.25) is 17.7 Å². The van der Waals surface area contributed by atoms with Gasteiger partial charge in [-0.2, -0.15) is 0 Å². The van der Waals surface area contributed by atoms with Crippen LogP contribution in [0.4, 0.5) is 5.82 Å². The van der Waals surface area contributed by atoms with Crippen molar-refractivity contribution in [2.24, 2.45) is 0 Å². The first-order chi connectivity index (χ1) is 18.6. The summed E-state index contributed by atoms with van der Waals surface area (Å²) >= 11 is 0. The molecule has 0 saturated heterocycles. The average Bonchev–Trinajstić information content (AvgIpc) is 3.34. The van der Waals surface area contributed by atoms with Gasteiger partial charge in [-0.25, -0.2) is 0 Å². The zero-order valence-electron chi connectivity index (χ0n) is 23.8. The second kappa shape index (κ2) is 14.0. The molecule has 2 aromatic rings. The van der Waals surface area contributed by atoms with E-state index in [-0.39, 0.29) is 30.6 Å². The van der Waals surface area contributed by atoms with Crippen molar-refractivity contribution in [1.82, 2.24) is 15.4 Å². The highest BCUT2D eigenvalue weighted by Gasteiger charge is 2.34. The number of hydrogen-bond acceptors (Lipinski definition) is 6. The number of nitrogens with one attached hydrogen (secondary N) is 2. The van der Waals surface area contributed by atoms with E-state index in [1.165, 1.54) is 12.0 Å². The molecular formula is C30H42N4O5. The molecule has 1 aromatic heterocycles. The number of carbonyl (C=O) groups is 3. The molecule has 39 heavy (non-hydrogen) atoms. The van der Waals surface area contributed by atoms with E-state index in [0.29, 0.717) is 35.9 Å². The van der Waals surface area contributed by atoms with Gasteiger partial charge in [0.1, 0.15) is 17.6 Å². The molecule has 0 saturated carbocycles. The molecular weight excluding hydrogens is 496 g/mol. The summed E-state index contributed by atoms with van der Waals surface area (Å²) < 4.78 is 10.3. The Morgan fingerprint density at radius 3 is 2.49 bits per heavy atom. The number of ether oxygens (including phenoxy) is 1. The van der Waals surface area contributed by atoms with Crippen LogP contribution in [0.3, 0.4) is 0 Å². The molecule has 0 aliphatic heterocycles. The van der Waals surface area contributed by atoms with E-state index < -0.39 is 11.6 Å². The maximum absolute atomic E-state index is 13.8. The third-order valence-electron chi connectivity index (χ3n) is 7.18. The van der Waals surface area contributed by atoms with Crippen LogP contribution in [0.5, 0.6) is 5.75 Å². The van der Waals surface area contributed by atoms with E-state index in [2.05, 4.69) is 21.9 Å². The fourth-order valence-electron chi connectivity index (χ4n) is 4.54. The smallest absolute Gasteiger partial charge is 0.247 e. The summed E-state index contributed by atoms with van der Waals surface area (Å²) in [5, 5.41) is 9.56.